The zero-order chi connectivity index (χ0) is 39.3. The minimum absolute atomic E-state index is 0.0671. The minimum atomic E-state index is -0.638. The van der Waals surface area contributed by atoms with E-state index in [0.717, 1.165) is 83.6 Å². The van der Waals surface area contributed by atoms with Gasteiger partial charge in [0.2, 0.25) is 11.8 Å². The van der Waals surface area contributed by atoms with E-state index in [0.29, 0.717) is 49.4 Å². The van der Waals surface area contributed by atoms with E-state index < -0.39 is 5.41 Å². The van der Waals surface area contributed by atoms with Crippen LogP contribution < -0.4 is 15.5 Å². The number of likely N-dealkylation sites (tertiary alicyclic amines) is 2. The number of amides is 3. The number of anilines is 3. The summed E-state index contributed by atoms with van der Waals surface area (Å²) in [6.45, 7) is 16.5. The maximum Gasteiger partial charge on any atom is 0.251 e. The Labute approximate surface area is 330 Å². The second-order valence-electron chi connectivity index (χ2n) is 19.0. The van der Waals surface area contributed by atoms with Crippen molar-refractivity contribution in [1.82, 2.24) is 29.7 Å². The lowest BCUT2D eigenvalue weighted by Crippen LogP contribution is -2.61. The maximum atomic E-state index is 15.0. The number of hydrogen-bond acceptors (Lipinski definition) is 7. The lowest BCUT2D eigenvalue weighted by molar-refractivity contribution is -0.134. The third kappa shape index (κ3) is 6.26. The molecule has 2 aromatic carbocycles. The number of hydrogen-bond donors (Lipinski definition) is 2. The molecule has 2 aromatic heterocycles. The highest BCUT2D eigenvalue weighted by molar-refractivity contribution is 6.09. The fourth-order valence-corrected chi connectivity index (χ4v) is 10.8. The third-order valence-corrected chi connectivity index (χ3v) is 13.4. The van der Waals surface area contributed by atoms with Crippen molar-refractivity contribution in [3.05, 3.63) is 65.5 Å². The van der Waals surface area contributed by atoms with Gasteiger partial charge in [0, 0.05) is 80.8 Å². The number of nitrogens with zero attached hydrogens (tertiary/aromatic N) is 6. The highest BCUT2D eigenvalue weighted by Gasteiger charge is 2.56. The normalized spacial score (nSPS) is 23.9. The molecule has 11 nitrogen and oxygen atoms in total. The van der Waals surface area contributed by atoms with Crippen LogP contribution in [0.3, 0.4) is 0 Å². The molecule has 4 fully saturated rings. The Morgan fingerprint density at radius 2 is 1.61 bits per heavy atom. The largest absolute Gasteiger partial charge is 0.355 e. The highest BCUT2D eigenvalue weighted by Crippen LogP contribution is 2.53. The Hall–Kier alpha value is -4.77. The summed E-state index contributed by atoms with van der Waals surface area (Å²) in [4.78, 5) is 56.9. The molecule has 2 saturated heterocycles. The smallest absolute Gasteiger partial charge is 0.251 e. The second kappa shape index (κ2) is 13.1. The van der Waals surface area contributed by atoms with Gasteiger partial charge >= 0.3 is 0 Å². The standard InChI is InChI=1S/C45H56N8O3/c1-27-8-10-30(19-34(27)41(55)46-7)48-40-39-37(47-26-52(39)31-11-12-31)22-36(49-40)29-9-13-35-38(18-29)53(42(56)45(35)14-16-50(17-15-45)28(2)54)33-20-32(21-33)51-24-43(3,4)23-44(5,6)25-51/h8-10,13,18-19,22,26,31-33H,11-12,14-17,20-21,23-25H2,1-7H3,(H,46,55)(H,48,49). The van der Waals surface area contributed by atoms with E-state index in [2.05, 4.69) is 77.0 Å². The van der Waals surface area contributed by atoms with Crippen molar-refractivity contribution in [3.63, 3.8) is 0 Å². The van der Waals surface area contributed by atoms with Gasteiger partial charge < -0.3 is 25.0 Å². The first kappa shape index (κ1) is 36.8. The van der Waals surface area contributed by atoms with Crippen molar-refractivity contribution < 1.29 is 14.4 Å². The SMILES string of the molecule is CNC(=O)c1cc(Nc2nc(-c3ccc4c(c3)N(C3CC(N5CC(C)(C)CC(C)(C)C5)C3)C(=O)C43CCN(C(C)=O)CC3)cc3ncn(C4CC4)c23)ccc1C. The molecule has 56 heavy (non-hydrogen) atoms. The molecule has 0 unspecified atom stereocenters. The van der Waals surface area contributed by atoms with Crippen LogP contribution >= 0.6 is 0 Å². The molecular weight excluding hydrogens is 701 g/mol. The number of pyridine rings is 1. The molecule has 294 valence electrons. The molecular formula is C45H56N8O3. The summed E-state index contributed by atoms with van der Waals surface area (Å²) in [5, 5.41) is 6.33. The fraction of sp³-hybridized carbons (Fsp3) is 0.533. The zero-order valence-electron chi connectivity index (χ0n) is 34.0. The number of piperidine rings is 2. The lowest BCUT2D eigenvalue weighted by atomic mass is 9.69. The molecule has 0 bridgehead atoms. The van der Waals surface area contributed by atoms with Crippen molar-refractivity contribution in [2.24, 2.45) is 10.8 Å². The highest BCUT2D eigenvalue weighted by atomic mass is 16.2. The van der Waals surface area contributed by atoms with Crippen molar-refractivity contribution in [2.45, 2.75) is 110 Å². The van der Waals surface area contributed by atoms with Crippen molar-refractivity contribution in [1.29, 1.82) is 0 Å². The van der Waals surface area contributed by atoms with Crippen LogP contribution in [0.25, 0.3) is 22.3 Å². The summed E-state index contributed by atoms with van der Waals surface area (Å²) in [6.07, 6.45) is 8.52. The van der Waals surface area contributed by atoms with E-state index in [1.165, 1.54) is 6.42 Å². The number of fused-ring (bicyclic) bond motifs is 3. The van der Waals surface area contributed by atoms with Gasteiger partial charge in [-0.05, 0) is 98.1 Å². The molecule has 2 N–H and O–H groups in total. The number of imidazole rings is 1. The quantitative estimate of drug-likeness (QED) is 0.203. The monoisotopic (exact) mass is 756 g/mol. The summed E-state index contributed by atoms with van der Waals surface area (Å²) >= 11 is 0. The molecule has 0 radical (unpaired) electrons. The number of benzene rings is 2. The Morgan fingerprint density at radius 3 is 2.27 bits per heavy atom. The van der Waals surface area contributed by atoms with Gasteiger partial charge in [-0.2, -0.15) is 0 Å². The van der Waals surface area contributed by atoms with E-state index in [1.807, 2.05) is 36.4 Å². The molecule has 0 atom stereocenters. The second-order valence-corrected chi connectivity index (χ2v) is 19.0. The van der Waals surface area contributed by atoms with Crippen LogP contribution in [0, 0.1) is 17.8 Å². The molecule has 1 spiro atoms. The minimum Gasteiger partial charge on any atom is -0.355 e. The molecule has 3 amide bonds. The third-order valence-electron chi connectivity index (χ3n) is 13.4. The van der Waals surface area contributed by atoms with Gasteiger partial charge in [-0.15, -0.1) is 0 Å². The number of aryl methyl sites for hydroxylation is 1. The van der Waals surface area contributed by atoms with Gasteiger partial charge in [-0.1, -0.05) is 45.9 Å². The molecule has 3 aliphatic heterocycles. The van der Waals surface area contributed by atoms with Gasteiger partial charge in [0.15, 0.2) is 5.82 Å². The van der Waals surface area contributed by atoms with E-state index in [1.54, 1.807) is 14.0 Å². The van der Waals surface area contributed by atoms with Crippen LogP contribution in [0.15, 0.2) is 48.8 Å². The van der Waals surface area contributed by atoms with Crippen LogP contribution in [-0.2, 0) is 15.0 Å². The van der Waals surface area contributed by atoms with E-state index in [-0.39, 0.29) is 34.6 Å². The Balaban J connectivity index is 1.09. The van der Waals surface area contributed by atoms with Crippen molar-refractivity contribution >= 4 is 45.9 Å². The molecule has 2 saturated carbocycles. The number of rotatable bonds is 7. The Bertz CT molecular complexity index is 2240. The first-order valence-corrected chi connectivity index (χ1v) is 20.6. The predicted octanol–water partition coefficient (Wildman–Crippen LogP) is 7.36. The number of aromatic nitrogens is 3. The Kier molecular flexibility index (Phi) is 8.65. The first-order valence-electron chi connectivity index (χ1n) is 20.6. The Morgan fingerprint density at radius 1 is 0.893 bits per heavy atom. The number of nitrogens with one attached hydrogen (secondary N) is 2. The zero-order valence-corrected chi connectivity index (χ0v) is 34.0. The summed E-state index contributed by atoms with van der Waals surface area (Å²) in [6, 6.07) is 15.3. The lowest BCUT2D eigenvalue weighted by Gasteiger charge is -2.54. The molecule has 5 heterocycles. The summed E-state index contributed by atoms with van der Waals surface area (Å²) < 4.78 is 2.22. The average Bonchev–Trinajstić information content (AvgIpc) is 3.84. The van der Waals surface area contributed by atoms with Crippen molar-refractivity contribution in [3.8, 4) is 11.3 Å². The van der Waals surface area contributed by atoms with E-state index in [9.17, 15) is 14.4 Å². The summed E-state index contributed by atoms with van der Waals surface area (Å²) in [5.41, 5.74) is 7.71. The fourth-order valence-electron chi connectivity index (χ4n) is 10.8. The van der Waals surface area contributed by atoms with E-state index >= 15 is 0 Å². The molecule has 11 heteroatoms. The topological polar surface area (TPSA) is 116 Å². The van der Waals surface area contributed by atoms with Crippen LogP contribution in [-0.4, -0.2) is 87.4 Å². The summed E-state index contributed by atoms with van der Waals surface area (Å²) in [5.74, 6) is 0.807. The van der Waals surface area contributed by atoms with Crippen LogP contribution in [0.2, 0.25) is 0 Å². The van der Waals surface area contributed by atoms with E-state index in [4.69, 9.17) is 9.97 Å². The van der Waals surface area contributed by atoms with Gasteiger partial charge in [-0.25, -0.2) is 9.97 Å². The molecule has 5 aliphatic rings. The number of carbonyl (C=O) groups is 3. The van der Waals surface area contributed by atoms with Gasteiger partial charge in [0.25, 0.3) is 5.91 Å². The summed E-state index contributed by atoms with van der Waals surface area (Å²) in [7, 11) is 1.64. The molecule has 9 rings (SSSR count). The van der Waals surface area contributed by atoms with Gasteiger partial charge in [0.1, 0.15) is 5.52 Å². The van der Waals surface area contributed by atoms with Crippen LogP contribution in [0.1, 0.15) is 107 Å². The predicted molar refractivity (Wildman–Crippen MR) is 220 cm³/mol. The first-order chi connectivity index (χ1) is 26.6. The molecule has 4 aromatic rings. The van der Waals surface area contributed by atoms with Gasteiger partial charge in [-0.3, -0.25) is 19.3 Å². The van der Waals surface area contributed by atoms with Crippen LogP contribution in [0.4, 0.5) is 17.2 Å². The number of carbonyl (C=O) groups excluding carboxylic acids is 3. The van der Waals surface area contributed by atoms with Gasteiger partial charge in [0.05, 0.1) is 23.0 Å². The molecule has 2 aliphatic carbocycles. The average molecular weight is 757 g/mol. The maximum absolute atomic E-state index is 15.0. The van der Waals surface area contributed by atoms with Crippen molar-refractivity contribution in [2.75, 3.05) is 43.4 Å². The van der Waals surface area contributed by atoms with Crippen LogP contribution in [0.5, 0.6) is 0 Å².